The van der Waals surface area contributed by atoms with Crippen molar-refractivity contribution in [1.82, 2.24) is 0 Å². The van der Waals surface area contributed by atoms with Crippen molar-refractivity contribution in [2.75, 3.05) is 20.3 Å². The van der Waals surface area contributed by atoms with Crippen LogP contribution in [-0.2, 0) is 4.74 Å². The summed E-state index contributed by atoms with van der Waals surface area (Å²) in [4.78, 5) is 10.9. The number of hydrogen-bond acceptors (Lipinski definition) is 3. The van der Waals surface area contributed by atoms with Gasteiger partial charge >= 0.3 is 0 Å². The molecule has 82 valence electrons. The molecule has 1 aromatic carbocycles. The summed E-state index contributed by atoms with van der Waals surface area (Å²) in [5, 5.41) is -0.298. The van der Waals surface area contributed by atoms with E-state index in [9.17, 15) is 4.79 Å². The van der Waals surface area contributed by atoms with E-state index in [2.05, 4.69) is 0 Å². The van der Waals surface area contributed by atoms with E-state index in [-0.39, 0.29) is 10.6 Å². The van der Waals surface area contributed by atoms with Crippen LogP contribution < -0.4 is 4.74 Å². The van der Waals surface area contributed by atoms with Gasteiger partial charge in [0.25, 0.3) is 5.24 Å². The molecule has 0 radical (unpaired) electrons. The lowest BCUT2D eigenvalue weighted by molar-refractivity contribution is 0.108. The molecule has 0 saturated carbocycles. The van der Waals surface area contributed by atoms with Gasteiger partial charge in [0.2, 0.25) is 0 Å². The summed E-state index contributed by atoms with van der Waals surface area (Å²) < 4.78 is 10.1. The third-order valence-electron chi connectivity index (χ3n) is 1.71. The van der Waals surface area contributed by atoms with E-state index in [4.69, 9.17) is 32.7 Å². The molecule has 15 heavy (non-hydrogen) atoms. The van der Waals surface area contributed by atoms with Crippen LogP contribution in [0.5, 0.6) is 5.75 Å². The number of carbonyl (C=O) groups excluding carboxylic acids is 1. The highest BCUT2D eigenvalue weighted by Crippen LogP contribution is 2.23. The normalized spacial score (nSPS) is 10.1. The SMILES string of the molecule is COCCOc1ccc(C(=O)Cl)c(Cl)c1. The van der Waals surface area contributed by atoms with Crippen molar-refractivity contribution in [2.24, 2.45) is 0 Å². The molecule has 1 rings (SSSR count). The van der Waals surface area contributed by atoms with Gasteiger partial charge in [-0.1, -0.05) is 11.6 Å². The molecule has 3 nitrogen and oxygen atoms in total. The van der Waals surface area contributed by atoms with E-state index >= 15 is 0 Å². The Labute approximate surface area is 97.9 Å². The van der Waals surface area contributed by atoms with Gasteiger partial charge in [0, 0.05) is 7.11 Å². The van der Waals surface area contributed by atoms with Crippen molar-refractivity contribution in [3.63, 3.8) is 0 Å². The first kappa shape index (κ1) is 12.3. The highest BCUT2D eigenvalue weighted by molar-refractivity contribution is 6.68. The fourth-order valence-electron chi connectivity index (χ4n) is 0.988. The van der Waals surface area contributed by atoms with Crippen LogP contribution in [-0.4, -0.2) is 25.6 Å². The largest absolute Gasteiger partial charge is 0.491 e. The van der Waals surface area contributed by atoms with Crippen LogP contribution in [0.4, 0.5) is 0 Å². The third-order valence-corrected chi connectivity index (χ3v) is 2.22. The van der Waals surface area contributed by atoms with E-state index < -0.39 is 5.24 Å². The van der Waals surface area contributed by atoms with Crippen LogP contribution in [0.3, 0.4) is 0 Å². The van der Waals surface area contributed by atoms with Crippen molar-refractivity contribution < 1.29 is 14.3 Å². The van der Waals surface area contributed by atoms with Gasteiger partial charge in [-0.25, -0.2) is 0 Å². The highest BCUT2D eigenvalue weighted by atomic mass is 35.5. The van der Waals surface area contributed by atoms with Gasteiger partial charge < -0.3 is 9.47 Å². The number of rotatable bonds is 5. The zero-order valence-electron chi connectivity index (χ0n) is 8.13. The van der Waals surface area contributed by atoms with Crippen molar-refractivity contribution in [3.8, 4) is 5.75 Å². The smallest absolute Gasteiger partial charge is 0.253 e. The van der Waals surface area contributed by atoms with Crippen LogP contribution in [0.1, 0.15) is 10.4 Å². The Morgan fingerprint density at radius 2 is 2.13 bits per heavy atom. The van der Waals surface area contributed by atoms with Gasteiger partial charge in [0.05, 0.1) is 17.2 Å². The molecule has 0 aliphatic rings. The average molecular weight is 249 g/mol. The summed E-state index contributed by atoms with van der Waals surface area (Å²) in [6, 6.07) is 4.71. The van der Waals surface area contributed by atoms with Crippen molar-refractivity contribution in [1.29, 1.82) is 0 Å². The molecular formula is C10H10Cl2O3. The van der Waals surface area contributed by atoms with E-state index in [1.165, 1.54) is 6.07 Å². The maximum atomic E-state index is 10.9. The third kappa shape index (κ3) is 3.70. The Balaban J connectivity index is 2.69. The van der Waals surface area contributed by atoms with Gasteiger partial charge in [-0.3, -0.25) is 4.79 Å². The predicted octanol–water partition coefficient (Wildman–Crippen LogP) is 2.74. The monoisotopic (exact) mass is 248 g/mol. The second-order valence-electron chi connectivity index (χ2n) is 2.76. The molecule has 5 heteroatoms. The van der Waals surface area contributed by atoms with Gasteiger partial charge in [0.15, 0.2) is 0 Å². The Morgan fingerprint density at radius 1 is 1.40 bits per heavy atom. The fraction of sp³-hybridized carbons (Fsp3) is 0.300. The average Bonchev–Trinajstić information content (AvgIpc) is 2.17. The summed E-state index contributed by atoms with van der Waals surface area (Å²) in [5.74, 6) is 0.582. The molecule has 0 heterocycles. The summed E-state index contributed by atoms with van der Waals surface area (Å²) >= 11 is 11.1. The zero-order chi connectivity index (χ0) is 11.3. The van der Waals surface area contributed by atoms with Gasteiger partial charge in [-0.05, 0) is 29.8 Å². The fourth-order valence-corrected chi connectivity index (χ4v) is 1.46. The first-order valence-corrected chi connectivity index (χ1v) is 5.02. The second kappa shape index (κ2) is 5.95. The molecule has 0 amide bonds. The topological polar surface area (TPSA) is 35.5 Å². The molecular weight excluding hydrogens is 239 g/mol. The molecule has 0 N–H and O–H groups in total. The summed E-state index contributed by atoms with van der Waals surface area (Å²) in [7, 11) is 1.59. The molecule has 0 atom stereocenters. The molecule has 0 aliphatic carbocycles. The zero-order valence-corrected chi connectivity index (χ0v) is 9.64. The minimum absolute atomic E-state index is 0.275. The molecule has 0 spiro atoms. The van der Waals surface area contributed by atoms with Crippen LogP contribution in [0.2, 0.25) is 5.02 Å². The second-order valence-corrected chi connectivity index (χ2v) is 3.51. The van der Waals surface area contributed by atoms with E-state index in [0.717, 1.165) is 0 Å². The first-order chi connectivity index (χ1) is 7.15. The maximum Gasteiger partial charge on any atom is 0.253 e. The van der Waals surface area contributed by atoms with E-state index in [0.29, 0.717) is 19.0 Å². The first-order valence-electron chi connectivity index (χ1n) is 4.26. The van der Waals surface area contributed by atoms with Crippen molar-refractivity contribution in [3.05, 3.63) is 28.8 Å². The molecule has 1 aromatic rings. The molecule has 0 fully saturated rings. The lowest BCUT2D eigenvalue weighted by atomic mass is 10.2. The lowest BCUT2D eigenvalue weighted by Gasteiger charge is -2.06. The van der Waals surface area contributed by atoms with E-state index in [1.54, 1.807) is 19.2 Å². The quantitative estimate of drug-likeness (QED) is 0.594. The molecule has 0 saturated heterocycles. The van der Waals surface area contributed by atoms with Crippen molar-refractivity contribution >= 4 is 28.4 Å². The van der Waals surface area contributed by atoms with Crippen LogP contribution >= 0.6 is 23.2 Å². The maximum absolute atomic E-state index is 10.9. The Bertz CT molecular complexity index is 353. The van der Waals surface area contributed by atoms with Crippen molar-refractivity contribution in [2.45, 2.75) is 0 Å². The highest BCUT2D eigenvalue weighted by Gasteiger charge is 2.08. The number of benzene rings is 1. The van der Waals surface area contributed by atoms with Gasteiger partial charge in [0.1, 0.15) is 12.4 Å². The number of halogens is 2. The summed E-state index contributed by atoms with van der Waals surface area (Å²) in [6.45, 7) is 0.925. The number of methoxy groups -OCH3 is 1. The minimum Gasteiger partial charge on any atom is -0.491 e. The Morgan fingerprint density at radius 3 is 2.67 bits per heavy atom. The number of hydrogen-bond donors (Lipinski definition) is 0. The Kier molecular flexibility index (Phi) is 4.88. The predicted molar refractivity (Wildman–Crippen MR) is 59.0 cm³/mol. The molecule has 0 aromatic heterocycles. The summed E-state index contributed by atoms with van der Waals surface area (Å²) in [5.41, 5.74) is 0.275. The molecule has 0 unspecified atom stereocenters. The van der Waals surface area contributed by atoms with Gasteiger partial charge in [-0.2, -0.15) is 0 Å². The van der Waals surface area contributed by atoms with Gasteiger partial charge in [-0.15, -0.1) is 0 Å². The number of ether oxygens (including phenoxy) is 2. The lowest BCUT2D eigenvalue weighted by Crippen LogP contribution is -2.04. The molecule has 0 bridgehead atoms. The summed E-state index contributed by atoms with van der Waals surface area (Å²) in [6.07, 6.45) is 0. The standard InChI is InChI=1S/C10H10Cl2O3/c1-14-4-5-15-7-2-3-8(10(12)13)9(11)6-7/h2-3,6H,4-5H2,1H3. The molecule has 0 aliphatic heterocycles. The van der Waals surface area contributed by atoms with E-state index in [1.807, 2.05) is 0 Å². The van der Waals surface area contributed by atoms with Crippen LogP contribution in [0.25, 0.3) is 0 Å². The number of carbonyl (C=O) groups is 1. The Hall–Kier alpha value is -0.770. The van der Waals surface area contributed by atoms with Crippen LogP contribution in [0.15, 0.2) is 18.2 Å². The van der Waals surface area contributed by atoms with Crippen LogP contribution in [0, 0.1) is 0 Å². The minimum atomic E-state index is -0.580.